The predicted molar refractivity (Wildman–Crippen MR) is 79.4 cm³/mol. The zero-order valence-electron chi connectivity index (χ0n) is 12.1. The summed E-state index contributed by atoms with van der Waals surface area (Å²) in [5, 5.41) is 0. The van der Waals surface area contributed by atoms with Crippen molar-refractivity contribution in [2.45, 2.75) is 32.7 Å². The lowest BCUT2D eigenvalue weighted by Crippen LogP contribution is -2.39. The van der Waals surface area contributed by atoms with Crippen molar-refractivity contribution in [1.82, 2.24) is 4.90 Å². The van der Waals surface area contributed by atoms with Crippen LogP contribution in [0.1, 0.15) is 38.3 Å². The summed E-state index contributed by atoms with van der Waals surface area (Å²) in [5.41, 5.74) is 7.30. The molecule has 19 heavy (non-hydrogen) atoms. The predicted octanol–water partition coefficient (Wildman–Crippen LogP) is 2.82. The van der Waals surface area contributed by atoms with Crippen molar-refractivity contribution in [3.63, 3.8) is 0 Å². The van der Waals surface area contributed by atoms with Gasteiger partial charge in [-0.05, 0) is 56.5 Å². The Morgan fingerprint density at radius 1 is 1.26 bits per heavy atom. The van der Waals surface area contributed by atoms with Crippen LogP contribution in [0.2, 0.25) is 0 Å². The van der Waals surface area contributed by atoms with Crippen molar-refractivity contribution < 1.29 is 4.74 Å². The van der Waals surface area contributed by atoms with Crippen LogP contribution in [0.3, 0.4) is 0 Å². The molecule has 1 fully saturated rings. The third-order valence-corrected chi connectivity index (χ3v) is 4.06. The first-order chi connectivity index (χ1) is 9.24. The van der Waals surface area contributed by atoms with Crippen LogP contribution in [0.4, 0.5) is 0 Å². The summed E-state index contributed by atoms with van der Waals surface area (Å²) < 4.78 is 5.49. The summed E-state index contributed by atoms with van der Waals surface area (Å²) in [4.78, 5) is 2.52. The molecule has 0 amide bonds. The number of rotatable bonds is 5. The van der Waals surface area contributed by atoms with Crippen LogP contribution >= 0.6 is 0 Å². The van der Waals surface area contributed by atoms with E-state index in [-0.39, 0.29) is 0 Å². The molecule has 0 spiro atoms. The van der Waals surface area contributed by atoms with Crippen molar-refractivity contribution in [2.75, 3.05) is 26.2 Å². The molecule has 3 nitrogen and oxygen atoms in total. The van der Waals surface area contributed by atoms with Crippen molar-refractivity contribution in [3.8, 4) is 5.75 Å². The van der Waals surface area contributed by atoms with E-state index in [0.717, 1.165) is 24.8 Å². The minimum atomic E-state index is 0.350. The molecule has 1 aromatic carbocycles. The van der Waals surface area contributed by atoms with E-state index in [9.17, 15) is 0 Å². The average molecular weight is 262 g/mol. The molecular weight excluding hydrogens is 236 g/mol. The zero-order chi connectivity index (χ0) is 13.7. The highest BCUT2D eigenvalue weighted by molar-refractivity contribution is 5.29. The average Bonchev–Trinajstić information content (AvgIpc) is 2.44. The zero-order valence-corrected chi connectivity index (χ0v) is 12.1. The molecule has 0 radical (unpaired) electrons. The van der Waals surface area contributed by atoms with Gasteiger partial charge in [-0.15, -0.1) is 0 Å². The summed E-state index contributed by atoms with van der Waals surface area (Å²) in [6.07, 6.45) is 2.57. The number of hydrogen-bond donors (Lipinski definition) is 1. The Morgan fingerprint density at radius 2 is 1.89 bits per heavy atom. The minimum absolute atomic E-state index is 0.350. The summed E-state index contributed by atoms with van der Waals surface area (Å²) in [6.45, 7) is 8.07. The molecule has 1 atom stereocenters. The van der Waals surface area contributed by atoms with Gasteiger partial charge in [0, 0.05) is 12.6 Å². The second-order valence-electron chi connectivity index (χ2n) is 5.47. The van der Waals surface area contributed by atoms with Crippen LogP contribution in [0.15, 0.2) is 24.3 Å². The van der Waals surface area contributed by atoms with Gasteiger partial charge in [0.25, 0.3) is 0 Å². The van der Waals surface area contributed by atoms with E-state index in [2.05, 4.69) is 24.0 Å². The maximum atomic E-state index is 5.99. The molecule has 0 unspecified atom stereocenters. The van der Waals surface area contributed by atoms with E-state index in [1.54, 1.807) is 0 Å². The third kappa shape index (κ3) is 3.71. The Morgan fingerprint density at radius 3 is 2.42 bits per heavy atom. The van der Waals surface area contributed by atoms with Gasteiger partial charge in [-0.25, -0.2) is 0 Å². The van der Waals surface area contributed by atoms with Gasteiger partial charge >= 0.3 is 0 Å². The molecule has 0 aromatic heterocycles. The molecule has 1 aliphatic heterocycles. The van der Waals surface area contributed by atoms with Gasteiger partial charge in [0.05, 0.1) is 6.61 Å². The molecule has 0 saturated carbocycles. The number of benzene rings is 1. The normalized spacial score (nSPS) is 19.3. The van der Waals surface area contributed by atoms with Gasteiger partial charge in [0.2, 0.25) is 0 Å². The molecule has 1 aliphatic rings. The molecule has 1 heterocycles. The first-order valence-corrected chi connectivity index (χ1v) is 7.41. The number of ether oxygens (including phenoxy) is 1. The largest absolute Gasteiger partial charge is 0.494 e. The van der Waals surface area contributed by atoms with Crippen LogP contribution in [-0.2, 0) is 0 Å². The molecule has 0 aliphatic carbocycles. The number of hydrogen-bond acceptors (Lipinski definition) is 3. The smallest absolute Gasteiger partial charge is 0.119 e. The highest BCUT2D eigenvalue weighted by atomic mass is 16.5. The number of piperidine rings is 1. The fourth-order valence-corrected chi connectivity index (χ4v) is 2.79. The van der Waals surface area contributed by atoms with Gasteiger partial charge < -0.3 is 10.5 Å². The summed E-state index contributed by atoms with van der Waals surface area (Å²) in [7, 11) is 0. The van der Waals surface area contributed by atoms with Crippen LogP contribution in [-0.4, -0.2) is 31.1 Å². The van der Waals surface area contributed by atoms with E-state index in [4.69, 9.17) is 10.5 Å². The summed E-state index contributed by atoms with van der Waals surface area (Å²) >= 11 is 0. The second kappa shape index (κ2) is 6.92. The standard InChI is InChI=1S/C16H26N2O/c1-3-19-15-6-4-14(5-7-15)16(12-17)18-10-8-13(2)9-11-18/h4-7,13,16H,3,8-12,17H2,1-2H3/t16-/m0/s1. The number of likely N-dealkylation sites (tertiary alicyclic amines) is 1. The molecule has 2 N–H and O–H groups in total. The van der Waals surface area contributed by atoms with E-state index in [1.165, 1.54) is 18.4 Å². The van der Waals surface area contributed by atoms with Gasteiger partial charge in [-0.1, -0.05) is 19.1 Å². The molecule has 3 heteroatoms. The number of nitrogens with two attached hydrogens (primary N) is 1. The van der Waals surface area contributed by atoms with Crippen molar-refractivity contribution in [1.29, 1.82) is 0 Å². The Labute approximate surface area is 116 Å². The van der Waals surface area contributed by atoms with Crippen LogP contribution in [0.25, 0.3) is 0 Å². The Hall–Kier alpha value is -1.06. The molecule has 2 rings (SSSR count). The maximum Gasteiger partial charge on any atom is 0.119 e. The SMILES string of the molecule is CCOc1ccc([C@H](CN)N2CCC(C)CC2)cc1. The van der Waals surface area contributed by atoms with Crippen LogP contribution in [0, 0.1) is 5.92 Å². The Kier molecular flexibility index (Phi) is 5.23. The van der Waals surface area contributed by atoms with Crippen LogP contribution < -0.4 is 10.5 Å². The third-order valence-electron chi connectivity index (χ3n) is 4.06. The molecule has 0 bridgehead atoms. The quantitative estimate of drug-likeness (QED) is 0.887. The second-order valence-corrected chi connectivity index (χ2v) is 5.47. The highest BCUT2D eigenvalue weighted by Crippen LogP contribution is 2.27. The molecular formula is C16H26N2O. The molecule has 106 valence electrons. The maximum absolute atomic E-state index is 5.99. The van der Waals surface area contributed by atoms with Gasteiger partial charge in [-0.2, -0.15) is 0 Å². The van der Waals surface area contributed by atoms with Gasteiger partial charge in [0.15, 0.2) is 0 Å². The molecule has 1 aromatic rings. The van der Waals surface area contributed by atoms with Crippen molar-refractivity contribution in [3.05, 3.63) is 29.8 Å². The van der Waals surface area contributed by atoms with E-state index in [0.29, 0.717) is 19.2 Å². The Bertz CT molecular complexity index is 369. The first kappa shape index (κ1) is 14.4. The topological polar surface area (TPSA) is 38.5 Å². The minimum Gasteiger partial charge on any atom is -0.494 e. The van der Waals surface area contributed by atoms with Crippen molar-refractivity contribution in [2.24, 2.45) is 11.7 Å². The lowest BCUT2D eigenvalue weighted by molar-refractivity contribution is 0.141. The fraction of sp³-hybridized carbons (Fsp3) is 0.625. The van der Waals surface area contributed by atoms with E-state index in [1.807, 2.05) is 19.1 Å². The monoisotopic (exact) mass is 262 g/mol. The lowest BCUT2D eigenvalue weighted by Gasteiger charge is -2.36. The van der Waals surface area contributed by atoms with E-state index >= 15 is 0 Å². The van der Waals surface area contributed by atoms with E-state index < -0.39 is 0 Å². The molecule has 1 saturated heterocycles. The van der Waals surface area contributed by atoms with Gasteiger partial charge in [-0.3, -0.25) is 4.90 Å². The fourth-order valence-electron chi connectivity index (χ4n) is 2.79. The number of nitrogens with zero attached hydrogens (tertiary/aromatic N) is 1. The van der Waals surface area contributed by atoms with Crippen molar-refractivity contribution >= 4 is 0 Å². The summed E-state index contributed by atoms with van der Waals surface area (Å²) in [5.74, 6) is 1.80. The lowest BCUT2D eigenvalue weighted by atomic mass is 9.96. The first-order valence-electron chi connectivity index (χ1n) is 7.41. The summed E-state index contributed by atoms with van der Waals surface area (Å²) in [6, 6.07) is 8.76. The van der Waals surface area contributed by atoms with Gasteiger partial charge in [0.1, 0.15) is 5.75 Å². The Balaban J connectivity index is 2.04. The van der Waals surface area contributed by atoms with Crippen LogP contribution in [0.5, 0.6) is 5.75 Å². The highest BCUT2D eigenvalue weighted by Gasteiger charge is 2.23.